The van der Waals surface area contributed by atoms with Crippen LogP contribution in [0.1, 0.15) is 45.9 Å². The number of hydrogen-bond acceptors (Lipinski definition) is 3. The second-order valence-corrected chi connectivity index (χ2v) is 4.94. The Bertz CT molecular complexity index is 380. The molecule has 1 aromatic heterocycles. The topological polar surface area (TPSA) is 39.1 Å². The van der Waals surface area contributed by atoms with E-state index in [1.165, 1.54) is 0 Å². The lowest BCUT2D eigenvalue weighted by atomic mass is 10.2. The summed E-state index contributed by atoms with van der Waals surface area (Å²) in [5.41, 5.74) is 1.04. The summed E-state index contributed by atoms with van der Waals surface area (Å²) >= 11 is 0. The van der Waals surface area contributed by atoms with Crippen LogP contribution in [0, 0.1) is 0 Å². The highest BCUT2D eigenvalue weighted by Gasteiger charge is 2.10. The van der Waals surface area contributed by atoms with E-state index in [0.717, 1.165) is 24.4 Å². The molecule has 0 bridgehead atoms. The van der Waals surface area contributed by atoms with Gasteiger partial charge in [-0.05, 0) is 32.9 Å². The summed E-state index contributed by atoms with van der Waals surface area (Å²) in [6.07, 6.45) is 7.03. The Morgan fingerprint density at radius 2 is 2.11 bits per heavy atom. The predicted molar refractivity (Wildman–Crippen MR) is 76.0 cm³/mol. The molecule has 1 rings (SSSR count). The number of nitrogens with zero attached hydrogens (tertiary/aromatic N) is 2. The van der Waals surface area contributed by atoms with Crippen molar-refractivity contribution in [2.24, 2.45) is 0 Å². The molecular formula is C14H25N3O. The van der Waals surface area contributed by atoms with Crippen LogP contribution in [-0.2, 0) is 0 Å². The van der Waals surface area contributed by atoms with Crippen molar-refractivity contribution in [1.82, 2.24) is 15.1 Å². The number of ether oxygens (including phenoxy) is 1. The Kier molecular flexibility index (Phi) is 5.92. The highest BCUT2D eigenvalue weighted by molar-refractivity contribution is 5.53. The molecule has 1 aromatic rings. The van der Waals surface area contributed by atoms with Gasteiger partial charge in [-0.25, -0.2) is 0 Å². The summed E-state index contributed by atoms with van der Waals surface area (Å²) in [5, 5.41) is 7.73. The minimum absolute atomic E-state index is 0.335. The molecule has 0 amide bonds. The lowest BCUT2D eigenvalue weighted by Gasteiger charge is -2.09. The molecule has 0 aliphatic carbocycles. The van der Waals surface area contributed by atoms with Crippen molar-refractivity contribution >= 4 is 6.08 Å². The third-order valence-corrected chi connectivity index (χ3v) is 2.65. The Labute approximate surface area is 110 Å². The van der Waals surface area contributed by atoms with Crippen molar-refractivity contribution in [2.75, 3.05) is 13.7 Å². The standard InChI is InChI=1S/C14H25N3O/c1-11(2)15-9-7-6-8-13-14(18-5)10-16-17(13)12(3)4/h6,8,10-12,15H,7,9H2,1-5H3/b8-6+. The van der Waals surface area contributed by atoms with Gasteiger partial charge in [0.15, 0.2) is 5.75 Å². The van der Waals surface area contributed by atoms with Gasteiger partial charge in [-0.1, -0.05) is 19.9 Å². The molecule has 102 valence electrons. The smallest absolute Gasteiger partial charge is 0.164 e. The SMILES string of the molecule is COc1cnn(C(C)C)c1/C=C/CCNC(C)C. The number of hydrogen-bond donors (Lipinski definition) is 1. The molecule has 0 spiro atoms. The van der Waals surface area contributed by atoms with Gasteiger partial charge in [0.05, 0.1) is 13.3 Å². The molecule has 0 atom stereocenters. The van der Waals surface area contributed by atoms with E-state index in [-0.39, 0.29) is 0 Å². The lowest BCUT2D eigenvalue weighted by molar-refractivity contribution is 0.411. The zero-order chi connectivity index (χ0) is 13.5. The maximum Gasteiger partial charge on any atom is 0.164 e. The molecule has 0 fully saturated rings. The van der Waals surface area contributed by atoms with Gasteiger partial charge in [-0.3, -0.25) is 4.68 Å². The molecule has 4 heteroatoms. The maximum atomic E-state index is 5.32. The van der Waals surface area contributed by atoms with Crippen molar-refractivity contribution in [1.29, 1.82) is 0 Å². The molecule has 0 aliphatic heterocycles. The van der Waals surface area contributed by atoms with Crippen LogP contribution in [0.4, 0.5) is 0 Å². The summed E-state index contributed by atoms with van der Waals surface area (Å²) in [6.45, 7) is 9.53. The van der Waals surface area contributed by atoms with Gasteiger partial charge in [0.1, 0.15) is 5.69 Å². The molecule has 0 saturated carbocycles. The second kappa shape index (κ2) is 7.21. The van der Waals surface area contributed by atoms with Crippen LogP contribution in [0.5, 0.6) is 5.75 Å². The molecular weight excluding hydrogens is 226 g/mol. The number of methoxy groups -OCH3 is 1. The third-order valence-electron chi connectivity index (χ3n) is 2.65. The molecule has 0 saturated heterocycles. The predicted octanol–water partition coefficient (Wildman–Crippen LogP) is 2.87. The fourth-order valence-electron chi connectivity index (χ4n) is 1.73. The summed E-state index contributed by atoms with van der Waals surface area (Å²) in [6, 6.07) is 0.872. The summed E-state index contributed by atoms with van der Waals surface area (Å²) in [4.78, 5) is 0. The van der Waals surface area contributed by atoms with Crippen molar-refractivity contribution < 1.29 is 4.74 Å². The molecule has 4 nitrogen and oxygen atoms in total. The van der Waals surface area contributed by atoms with Crippen molar-refractivity contribution in [3.05, 3.63) is 18.0 Å². The van der Waals surface area contributed by atoms with E-state index in [2.05, 4.69) is 50.3 Å². The van der Waals surface area contributed by atoms with E-state index in [0.29, 0.717) is 12.1 Å². The normalized spacial score (nSPS) is 11.9. The van der Waals surface area contributed by atoms with Crippen LogP contribution in [0.2, 0.25) is 0 Å². The van der Waals surface area contributed by atoms with E-state index in [1.807, 2.05) is 4.68 Å². The van der Waals surface area contributed by atoms with Gasteiger partial charge < -0.3 is 10.1 Å². The van der Waals surface area contributed by atoms with E-state index >= 15 is 0 Å². The number of rotatable bonds is 7. The highest BCUT2D eigenvalue weighted by Crippen LogP contribution is 2.22. The van der Waals surface area contributed by atoms with Crippen molar-refractivity contribution in [3.63, 3.8) is 0 Å². The molecule has 0 aromatic carbocycles. The first-order chi connectivity index (χ1) is 8.56. The fraction of sp³-hybridized carbons (Fsp3) is 0.643. The van der Waals surface area contributed by atoms with Crippen LogP contribution in [-0.4, -0.2) is 29.5 Å². The number of aromatic nitrogens is 2. The zero-order valence-corrected chi connectivity index (χ0v) is 12.1. The Morgan fingerprint density at radius 1 is 1.39 bits per heavy atom. The summed E-state index contributed by atoms with van der Waals surface area (Å²) in [7, 11) is 1.68. The summed E-state index contributed by atoms with van der Waals surface area (Å²) in [5.74, 6) is 0.830. The van der Waals surface area contributed by atoms with Crippen LogP contribution >= 0.6 is 0 Å². The first kappa shape index (κ1) is 14.8. The average Bonchev–Trinajstić information content (AvgIpc) is 2.71. The Hall–Kier alpha value is -1.29. The van der Waals surface area contributed by atoms with Gasteiger partial charge in [0.25, 0.3) is 0 Å². The van der Waals surface area contributed by atoms with Crippen LogP contribution < -0.4 is 10.1 Å². The van der Waals surface area contributed by atoms with Crippen molar-refractivity contribution in [3.8, 4) is 5.75 Å². The summed E-state index contributed by atoms with van der Waals surface area (Å²) < 4.78 is 7.30. The lowest BCUT2D eigenvalue weighted by Crippen LogP contribution is -2.23. The largest absolute Gasteiger partial charge is 0.493 e. The van der Waals surface area contributed by atoms with Gasteiger partial charge in [-0.2, -0.15) is 5.10 Å². The first-order valence-corrected chi connectivity index (χ1v) is 6.57. The van der Waals surface area contributed by atoms with Gasteiger partial charge in [-0.15, -0.1) is 0 Å². The molecule has 1 heterocycles. The van der Waals surface area contributed by atoms with E-state index in [4.69, 9.17) is 4.74 Å². The highest BCUT2D eigenvalue weighted by atomic mass is 16.5. The van der Waals surface area contributed by atoms with E-state index in [1.54, 1.807) is 13.3 Å². The molecule has 0 unspecified atom stereocenters. The number of nitrogens with one attached hydrogen (secondary N) is 1. The van der Waals surface area contributed by atoms with Crippen LogP contribution in [0.15, 0.2) is 12.3 Å². The average molecular weight is 251 g/mol. The third kappa shape index (κ3) is 4.18. The van der Waals surface area contributed by atoms with Gasteiger partial charge >= 0.3 is 0 Å². The zero-order valence-electron chi connectivity index (χ0n) is 12.1. The van der Waals surface area contributed by atoms with Crippen molar-refractivity contribution in [2.45, 2.75) is 46.2 Å². The molecule has 0 radical (unpaired) electrons. The van der Waals surface area contributed by atoms with Gasteiger partial charge in [0, 0.05) is 12.1 Å². The van der Waals surface area contributed by atoms with Crippen LogP contribution in [0.3, 0.4) is 0 Å². The van der Waals surface area contributed by atoms with E-state index < -0.39 is 0 Å². The minimum Gasteiger partial charge on any atom is -0.493 e. The molecule has 0 aliphatic rings. The van der Waals surface area contributed by atoms with E-state index in [9.17, 15) is 0 Å². The minimum atomic E-state index is 0.335. The second-order valence-electron chi connectivity index (χ2n) is 4.94. The maximum absolute atomic E-state index is 5.32. The molecule has 1 N–H and O–H groups in total. The monoisotopic (exact) mass is 251 g/mol. The first-order valence-electron chi connectivity index (χ1n) is 6.57. The Balaban J connectivity index is 2.64. The molecule has 18 heavy (non-hydrogen) atoms. The quantitative estimate of drug-likeness (QED) is 0.757. The van der Waals surface area contributed by atoms with Crippen LogP contribution in [0.25, 0.3) is 6.08 Å². The van der Waals surface area contributed by atoms with Gasteiger partial charge in [0.2, 0.25) is 0 Å². The Morgan fingerprint density at radius 3 is 2.67 bits per heavy atom. The fourth-order valence-corrected chi connectivity index (χ4v) is 1.73.